The van der Waals surface area contributed by atoms with Gasteiger partial charge in [-0.15, -0.1) is 0 Å². The van der Waals surface area contributed by atoms with Crippen LogP contribution >= 0.6 is 0 Å². The van der Waals surface area contributed by atoms with E-state index in [1.165, 1.54) is 6.26 Å². The van der Waals surface area contributed by atoms with Gasteiger partial charge >= 0.3 is 6.03 Å². The van der Waals surface area contributed by atoms with E-state index in [4.69, 9.17) is 0 Å². The van der Waals surface area contributed by atoms with Crippen LogP contribution < -0.4 is 10.6 Å². The van der Waals surface area contributed by atoms with Gasteiger partial charge in [0, 0.05) is 18.5 Å². The van der Waals surface area contributed by atoms with Crippen molar-refractivity contribution in [1.29, 1.82) is 0 Å². The Bertz CT molecular complexity index is 758. The van der Waals surface area contributed by atoms with Gasteiger partial charge < -0.3 is 10.6 Å². The second-order valence-electron chi connectivity index (χ2n) is 5.34. The molecule has 0 bridgehead atoms. The molecule has 0 radical (unpaired) electrons. The molecule has 0 heterocycles. The molecule has 2 amide bonds. The predicted molar refractivity (Wildman–Crippen MR) is 92.2 cm³/mol. The van der Waals surface area contributed by atoms with Gasteiger partial charge in [-0.3, -0.25) is 0 Å². The maximum Gasteiger partial charge on any atom is 0.319 e. The SMILES string of the molecule is CS(=O)(=O)Cc1ccccc1NC(=O)NCCc1ccccc1. The van der Waals surface area contributed by atoms with Crippen LogP contribution in [0.3, 0.4) is 0 Å². The van der Waals surface area contributed by atoms with E-state index in [9.17, 15) is 13.2 Å². The number of hydrogen-bond acceptors (Lipinski definition) is 3. The molecule has 0 saturated carbocycles. The molecule has 2 N–H and O–H groups in total. The molecule has 0 aromatic heterocycles. The summed E-state index contributed by atoms with van der Waals surface area (Å²) in [5.41, 5.74) is 2.23. The van der Waals surface area contributed by atoms with Gasteiger partial charge in [0.2, 0.25) is 0 Å². The van der Waals surface area contributed by atoms with Gasteiger partial charge in [-0.1, -0.05) is 48.5 Å². The van der Waals surface area contributed by atoms with Gasteiger partial charge in [-0.2, -0.15) is 0 Å². The van der Waals surface area contributed by atoms with Crippen LogP contribution in [0, 0.1) is 0 Å². The molecule has 0 fully saturated rings. The minimum Gasteiger partial charge on any atom is -0.338 e. The van der Waals surface area contributed by atoms with Crippen LogP contribution in [0.15, 0.2) is 54.6 Å². The van der Waals surface area contributed by atoms with E-state index < -0.39 is 9.84 Å². The van der Waals surface area contributed by atoms with E-state index in [0.29, 0.717) is 17.8 Å². The predicted octanol–water partition coefficient (Wildman–Crippen LogP) is 2.60. The zero-order valence-corrected chi connectivity index (χ0v) is 13.8. The van der Waals surface area contributed by atoms with Crippen molar-refractivity contribution in [3.05, 3.63) is 65.7 Å². The molecule has 0 saturated heterocycles. The molecule has 5 nitrogen and oxygen atoms in total. The van der Waals surface area contributed by atoms with E-state index in [-0.39, 0.29) is 11.8 Å². The first-order chi connectivity index (χ1) is 10.9. The third-order valence-electron chi connectivity index (χ3n) is 3.23. The molecule has 0 unspecified atom stereocenters. The molecule has 0 spiro atoms. The van der Waals surface area contributed by atoms with Crippen LogP contribution in [0.5, 0.6) is 0 Å². The first kappa shape index (κ1) is 17.0. The molecule has 2 aromatic rings. The summed E-state index contributed by atoms with van der Waals surface area (Å²) in [4.78, 5) is 11.9. The second-order valence-corrected chi connectivity index (χ2v) is 7.48. The van der Waals surface area contributed by atoms with Crippen molar-refractivity contribution in [3.8, 4) is 0 Å². The van der Waals surface area contributed by atoms with Crippen LogP contribution in [0.1, 0.15) is 11.1 Å². The topological polar surface area (TPSA) is 75.3 Å². The maximum atomic E-state index is 11.9. The minimum atomic E-state index is -3.16. The first-order valence-corrected chi connectivity index (χ1v) is 9.34. The van der Waals surface area contributed by atoms with Crippen molar-refractivity contribution in [2.45, 2.75) is 12.2 Å². The highest BCUT2D eigenvalue weighted by molar-refractivity contribution is 7.89. The zero-order valence-electron chi connectivity index (χ0n) is 13.0. The molecule has 23 heavy (non-hydrogen) atoms. The summed E-state index contributed by atoms with van der Waals surface area (Å²) in [5.74, 6) is -0.104. The molecule has 122 valence electrons. The number of anilines is 1. The normalized spacial score (nSPS) is 11.0. The lowest BCUT2D eigenvalue weighted by Gasteiger charge is -2.11. The van der Waals surface area contributed by atoms with Gasteiger partial charge in [0.1, 0.15) is 0 Å². The Morgan fingerprint density at radius 2 is 1.65 bits per heavy atom. The fourth-order valence-electron chi connectivity index (χ4n) is 2.18. The van der Waals surface area contributed by atoms with Crippen LogP contribution in [0.25, 0.3) is 0 Å². The van der Waals surface area contributed by atoms with E-state index in [1.807, 2.05) is 30.3 Å². The minimum absolute atomic E-state index is 0.104. The van der Waals surface area contributed by atoms with Crippen molar-refractivity contribution in [1.82, 2.24) is 5.32 Å². The van der Waals surface area contributed by atoms with E-state index >= 15 is 0 Å². The lowest BCUT2D eigenvalue weighted by atomic mass is 10.1. The van der Waals surface area contributed by atoms with Crippen molar-refractivity contribution in [3.63, 3.8) is 0 Å². The Morgan fingerprint density at radius 3 is 2.35 bits per heavy atom. The molecular formula is C17H20N2O3S. The van der Waals surface area contributed by atoms with Gasteiger partial charge in [0.15, 0.2) is 9.84 Å². The van der Waals surface area contributed by atoms with Gasteiger partial charge in [-0.25, -0.2) is 13.2 Å². The van der Waals surface area contributed by atoms with E-state index in [1.54, 1.807) is 24.3 Å². The Balaban J connectivity index is 1.90. The fourth-order valence-corrected chi connectivity index (χ4v) is 3.00. The molecule has 0 aliphatic rings. The summed E-state index contributed by atoms with van der Waals surface area (Å²) in [5, 5.41) is 5.48. The quantitative estimate of drug-likeness (QED) is 0.854. The van der Waals surface area contributed by atoms with Gasteiger partial charge in [0.25, 0.3) is 0 Å². The van der Waals surface area contributed by atoms with Gasteiger partial charge in [-0.05, 0) is 23.6 Å². The van der Waals surface area contributed by atoms with Crippen molar-refractivity contribution in [2.24, 2.45) is 0 Å². The maximum absolute atomic E-state index is 11.9. The Hall–Kier alpha value is -2.34. The second kappa shape index (κ2) is 7.78. The third-order valence-corrected chi connectivity index (χ3v) is 4.06. The summed E-state index contributed by atoms with van der Waals surface area (Å²) in [6.07, 6.45) is 1.91. The van der Waals surface area contributed by atoms with Crippen LogP contribution in [0.2, 0.25) is 0 Å². The Kier molecular flexibility index (Phi) is 5.76. The number of hydrogen-bond donors (Lipinski definition) is 2. The number of amides is 2. The molecule has 2 rings (SSSR count). The highest BCUT2D eigenvalue weighted by Crippen LogP contribution is 2.17. The lowest BCUT2D eigenvalue weighted by molar-refractivity contribution is 0.252. The summed E-state index contributed by atoms with van der Waals surface area (Å²) in [6.45, 7) is 0.504. The summed E-state index contributed by atoms with van der Waals surface area (Å²) in [6, 6.07) is 16.4. The van der Waals surface area contributed by atoms with Crippen molar-refractivity contribution in [2.75, 3.05) is 18.1 Å². The standard InChI is InChI=1S/C17H20N2O3S/c1-23(21,22)13-15-9-5-6-10-16(15)19-17(20)18-12-11-14-7-3-2-4-8-14/h2-10H,11-13H2,1H3,(H2,18,19,20). The molecule has 6 heteroatoms. The van der Waals surface area contributed by atoms with E-state index in [0.717, 1.165) is 12.0 Å². The molecular weight excluding hydrogens is 312 g/mol. The average molecular weight is 332 g/mol. The summed E-state index contributed by atoms with van der Waals surface area (Å²) >= 11 is 0. The highest BCUT2D eigenvalue weighted by Gasteiger charge is 2.10. The molecule has 0 aliphatic carbocycles. The van der Waals surface area contributed by atoms with E-state index in [2.05, 4.69) is 10.6 Å². The Morgan fingerprint density at radius 1 is 1.00 bits per heavy atom. The molecule has 0 aliphatic heterocycles. The summed E-state index contributed by atoms with van der Waals surface area (Å²) < 4.78 is 22.9. The van der Waals surface area contributed by atoms with Crippen LogP contribution in [-0.4, -0.2) is 27.2 Å². The number of carbonyl (C=O) groups excluding carboxylic acids is 1. The largest absolute Gasteiger partial charge is 0.338 e. The lowest BCUT2D eigenvalue weighted by Crippen LogP contribution is -2.30. The van der Waals surface area contributed by atoms with Crippen molar-refractivity contribution < 1.29 is 13.2 Å². The monoisotopic (exact) mass is 332 g/mol. The van der Waals surface area contributed by atoms with Gasteiger partial charge in [0.05, 0.1) is 5.75 Å². The molecule has 2 aromatic carbocycles. The number of carbonyl (C=O) groups is 1. The first-order valence-electron chi connectivity index (χ1n) is 7.28. The average Bonchev–Trinajstić information content (AvgIpc) is 2.49. The number of rotatable bonds is 6. The molecule has 0 atom stereocenters. The third kappa shape index (κ3) is 6.12. The fraction of sp³-hybridized carbons (Fsp3) is 0.235. The number of para-hydroxylation sites is 1. The smallest absolute Gasteiger partial charge is 0.319 e. The number of sulfone groups is 1. The number of benzene rings is 2. The highest BCUT2D eigenvalue weighted by atomic mass is 32.2. The summed E-state index contributed by atoms with van der Waals surface area (Å²) in [7, 11) is -3.16. The van der Waals surface area contributed by atoms with Crippen LogP contribution in [0.4, 0.5) is 10.5 Å². The van der Waals surface area contributed by atoms with Crippen molar-refractivity contribution >= 4 is 21.6 Å². The number of urea groups is 1. The number of nitrogens with one attached hydrogen (secondary N) is 2. The Labute approximate surface area is 136 Å². The zero-order chi connectivity index (χ0) is 16.7. The van der Waals surface area contributed by atoms with Crippen LogP contribution in [-0.2, 0) is 22.0 Å².